The lowest BCUT2D eigenvalue weighted by Crippen LogP contribution is -2.36. The molecular formula is C18H16BrClN2O3. The minimum Gasteiger partial charge on any atom is -0.395 e. The third-order valence-electron chi connectivity index (χ3n) is 3.18. The summed E-state index contributed by atoms with van der Waals surface area (Å²) < 4.78 is 0.849. The number of benzene rings is 2. The van der Waals surface area contributed by atoms with Crippen LogP contribution in [0.4, 0.5) is 0 Å². The summed E-state index contributed by atoms with van der Waals surface area (Å²) in [6.07, 6.45) is 1.54. The van der Waals surface area contributed by atoms with Crippen LogP contribution in [0.3, 0.4) is 0 Å². The van der Waals surface area contributed by atoms with Crippen molar-refractivity contribution in [2.45, 2.75) is 0 Å². The van der Waals surface area contributed by atoms with Crippen molar-refractivity contribution in [1.29, 1.82) is 0 Å². The molecule has 0 aromatic heterocycles. The lowest BCUT2D eigenvalue weighted by Gasteiger charge is -2.11. The number of amides is 2. The van der Waals surface area contributed by atoms with E-state index in [1.807, 2.05) is 0 Å². The van der Waals surface area contributed by atoms with Gasteiger partial charge < -0.3 is 15.7 Å². The smallest absolute Gasteiger partial charge is 0.267 e. The van der Waals surface area contributed by atoms with Crippen LogP contribution in [0.15, 0.2) is 58.7 Å². The molecule has 0 saturated heterocycles. The molecule has 2 amide bonds. The predicted octanol–water partition coefficient (Wildman–Crippen LogP) is 2.98. The summed E-state index contributed by atoms with van der Waals surface area (Å²) in [4.78, 5) is 24.6. The highest BCUT2D eigenvalue weighted by Crippen LogP contribution is 2.13. The maximum atomic E-state index is 12.4. The van der Waals surface area contributed by atoms with E-state index in [-0.39, 0.29) is 18.8 Å². The van der Waals surface area contributed by atoms with Crippen LogP contribution >= 0.6 is 27.5 Å². The zero-order valence-corrected chi connectivity index (χ0v) is 15.5. The van der Waals surface area contributed by atoms with Gasteiger partial charge in [-0.15, -0.1) is 0 Å². The van der Waals surface area contributed by atoms with Gasteiger partial charge in [-0.3, -0.25) is 9.59 Å². The zero-order chi connectivity index (χ0) is 18.2. The summed E-state index contributed by atoms with van der Waals surface area (Å²) in [7, 11) is 0. The molecule has 2 aromatic carbocycles. The molecule has 0 radical (unpaired) electrons. The molecule has 7 heteroatoms. The molecule has 0 bridgehead atoms. The summed E-state index contributed by atoms with van der Waals surface area (Å²) in [5.41, 5.74) is 1.19. The van der Waals surface area contributed by atoms with Gasteiger partial charge in [0.1, 0.15) is 5.70 Å². The van der Waals surface area contributed by atoms with Crippen LogP contribution in [-0.4, -0.2) is 30.1 Å². The van der Waals surface area contributed by atoms with Gasteiger partial charge in [0, 0.05) is 21.6 Å². The molecule has 130 valence electrons. The molecule has 3 N–H and O–H groups in total. The first-order valence-corrected chi connectivity index (χ1v) is 8.60. The van der Waals surface area contributed by atoms with E-state index >= 15 is 0 Å². The molecule has 0 saturated carbocycles. The van der Waals surface area contributed by atoms with Gasteiger partial charge in [-0.1, -0.05) is 39.7 Å². The first-order valence-electron chi connectivity index (χ1n) is 7.43. The van der Waals surface area contributed by atoms with E-state index in [4.69, 9.17) is 16.7 Å². The van der Waals surface area contributed by atoms with Crippen molar-refractivity contribution in [2.75, 3.05) is 13.2 Å². The fourth-order valence-corrected chi connectivity index (χ4v) is 2.33. The largest absolute Gasteiger partial charge is 0.395 e. The van der Waals surface area contributed by atoms with Crippen LogP contribution in [0.25, 0.3) is 6.08 Å². The van der Waals surface area contributed by atoms with Gasteiger partial charge >= 0.3 is 0 Å². The fourth-order valence-electron chi connectivity index (χ4n) is 1.94. The number of carbonyl (C=O) groups excluding carboxylic acids is 2. The van der Waals surface area contributed by atoms with Crippen molar-refractivity contribution in [2.24, 2.45) is 0 Å². The van der Waals surface area contributed by atoms with E-state index in [1.54, 1.807) is 54.6 Å². The standard InChI is InChI=1S/C18H16BrClN2O3/c19-14-5-3-13(4-6-14)17(24)22-16(18(25)21-9-10-23)11-12-1-7-15(20)8-2-12/h1-8,11,23H,9-10H2,(H,21,25)(H,22,24)/b16-11-. The van der Waals surface area contributed by atoms with Crippen LogP contribution in [0.5, 0.6) is 0 Å². The highest BCUT2D eigenvalue weighted by molar-refractivity contribution is 9.10. The Kier molecular flexibility index (Phi) is 7.18. The summed E-state index contributed by atoms with van der Waals surface area (Å²) >= 11 is 9.16. The SMILES string of the molecule is O=C(NCCO)/C(=C/c1ccc(Cl)cc1)NC(=O)c1ccc(Br)cc1. The maximum absolute atomic E-state index is 12.4. The van der Waals surface area contributed by atoms with Crippen LogP contribution in [0, 0.1) is 0 Å². The van der Waals surface area contributed by atoms with Crippen LogP contribution < -0.4 is 10.6 Å². The Bertz CT molecular complexity index is 774. The van der Waals surface area contributed by atoms with Crippen LogP contribution in [-0.2, 0) is 4.79 Å². The minimum atomic E-state index is -0.491. The van der Waals surface area contributed by atoms with Crippen molar-refractivity contribution in [3.63, 3.8) is 0 Å². The topological polar surface area (TPSA) is 78.4 Å². The molecule has 0 aliphatic heterocycles. The van der Waals surface area contributed by atoms with Gasteiger partial charge in [0.05, 0.1) is 6.61 Å². The molecule has 5 nitrogen and oxygen atoms in total. The second kappa shape index (κ2) is 9.36. The number of aliphatic hydroxyl groups is 1. The first kappa shape index (κ1) is 19.2. The molecule has 25 heavy (non-hydrogen) atoms. The Labute approximate surface area is 158 Å². The van der Waals surface area contributed by atoms with E-state index in [9.17, 15) is 9.59 Å². The van der Waals surface area contributed by atoms with E-state index < -0.39 is 11.8 Å². The van der Waals surface area contributed by atoms with Gasteiger partial charge in [0.15, 0.2) is 0 Å². The first-order chi connectivity index (χ1) is 12.0. The van der Waals surface area contributed by atoms with Crippen molar-refractivity contribution in [3.8, 4) is 0 Å². The summed E-state index contributed by atoms with van der Waals surface area (Å²) in [6.45, 7) is -0.106. The molecule has 0 unspecified atom stereocenters. The average molecular weight is 424 g/mol. The quantitative estimate of drug-likeness (QED) is 0.625. The number of aliphatic hydroxyl groups excluding tert-OH is 1. The summed E-state index contributed by atoms with van der Waals surface area (Å²) in [5.74, 6) is -0.902. The van der Waals surface area contributed by atoms with Gasteiger partial charge in [-0.25, -0.2) is 0 Å². The Morgan fingerprint density at radius 1 is 1.08 bits per heavy atom. The van der Waals surface area contributed by atoms with E-state index in [0.29, 0.717) is 16.1 Å². The van der Waals surface area contributed by atoms with E-state index in [2.05, 4.69) is 26.6 Å². The minimum absolute atomic E-state index is 0.0729. The number of carbonyl (C=O) groups is 2. The van der Waals surface area contributed by atoms with Crippen LogP contribution in [0.2, 0.25) is 5.02 Å². The van der Waals surface area contributed by atoms with E-state index in [1.165, 1.54) is 0 Å². The average Bonchev–Trinajstić information content (AvgIpc) is 2.61. The molecule has 0 atom stereocenters. The molecule has 0 heterocycles. The monoisotopic (exact) mass is 422 g/mol. The molecule has 2 rings (SSSR count). The molecule has 0 aliphatic rings. The number of rotatable bonds is 6. The van der Waals surface area contributed by atoms with Crippen molar-refractivity contribution >= 4 is 45.4 Å². The highest BCUT2D eigenvalue weighted by atomic mass is 79.9. The number of hydrogen-bond acceptors (Lipinski definition) is 3. The fraction of sp³-hybridized carbons (Fsp3) is 0.111. The predicted molar refractivity (Wildman–Crippen MR) is 101 cm³/mol. The third kappa shape index (κ3) is 6.01. The molecular weight excluding hydrogens is 408 g/mol. The lowest BCUT2D eigenvalue weighted by molar-refractivity contribution is -0.117. The summed E-state index contributed by atoms with van der Waals surface area (Å²) in [6, 6.07) is 13.6. The Balaban J connectivity index is 2.24. The second-order valence-corrected chi connectivity index (χ2v) is 6.40. The molecule has 2 aromatic rings. The molecule has 0 fully saturated rings. The van der Waals surface area contributed by atoms with Gasteiger partial charge in [-0.2, -0.15) is 0 Å². The molecule has 0 aliphatic carbocycles. The van der Waals surface area contributed by atoms with Gasteiger partial charge in [0.2, 0.25) is 0 Å². The third-order valence-corrected chi connectivity index (χ3v) is 3.96. The Morgan fingerprint density at radius 3 is 2.32 bits per heavy atom. The number of hydrogen-bond donors (Lipinski definition) is 3. The van der Waals surface area contributed by atoms with Crippen molar-refractivity contribution in [1.82, 2.24) is 10.6 Å². The Morgan fingerprint density at radius 2 is 1.72 bits per heavy atom. The maximum Gasteiger partial charge on any atom is 0.267 e. The van der Waals surface area contributed by atoms with Crippen LogP contribution in [0.1, 0.15) is 15.9 Å². The van der Waals surface area contributed by atoms with Gasteiger partial charge in [-0.05, 0) is 48.0 Å². The lowest BCUT2D eigenvalue weighted by atomic mass is 10.1. The molecule has 0 spiro atoms. The normalized spacial score (nSPS) is 11.1. The number of halogens is 2. The van der Waals surface area contributed by atoms with Crippen molar-refractivity contribution in [3.05, 3.63) is 74.9 Å². The zero-order valence-electron chi connectivity index (χ0n) is 13.1. The van der Waals surface area contributed by atoms with Gasteiger partial charge in [0.25, 0.3) is 11.8 Å². The highest BCUT2D eigenvalue weighted by Gasteiger charge is 2.14. The summed E-state index contributed by atoms with van der Waals surface area (Å²) in [5, 5.41) is 14.6. The number of nitrogens with one attached hydrogen (secondary N) is 2. The second-order valence-electron chi connectivity index (χ2n) is 5.05. The Hall–Kier alpha value is -2.15. The van der Waals surface area contributed by atoms with E-state index in [0.717, 1.165) is 4.47 Å². The van der Waals surface area contributed by atoms with Crippen molar-refractivity contribution < 1.29 is 14.7 Å².